The van der Waals surface area contributed by atoms with Gasteiger partial charge in [0.05, 0.1) is 6.33 Å². The number of aromatic nitrogens is 4. The Hall–Kier alpha value is -2.38. The highest BCUT2D eigenvalue weighted by atomic mass is 16.2. The summed E-state index contributed by atoms with van der Waals surface area (Å²) in [6, 6.07) is -0.280. The second kappa shape index (κ2) is 7.09. The first-order valence-electron chi connectivity index (χ1n) is 9.31. The average Bonchev–Trinajstić information content (AvgIpc) is 3.10. The molecule has 1 fully saturated rings. The minimum Gasteiger partial charge on any atom is -0.338 e. The highest BCUT2D eigenvalue weighted by Gasteiger charge is 2.29. The summed E-state index contributed by atoms with van der Waals surface area (Å²) < 4.78 is 3.99. The van der Waals surface area contributed by atoms with Crippen LogP contribution in [0.15, 0.2) is 15.9 Å². The standard InChI is InChI=1S/C18H27N5O3/c1-5-22(13-9-7-6-8-10-13)16(24)12(2)23-11-19-15-14(23)17(25)21(4)18(26)20(15)3/h11-13H,5-10H2,1-4H3/t12-/m0/s1. The molecule has 8 heteroatoms. The van der Waals surface area contributed by atoms with Crippen molar-refractivity contribution in [3.05, 3.63) is 27.2 Å². The van der Waals surface area contributed by atoms with Crippen molar-refractivity contribution in [1.29, 1.82) is 0 Å². The Bertz CT molecular complexity index is 933. The summed E-state index contributed by atoms with van der Waals surface area (Å²) in [6.45, 7) is 4.43. The molecule has 142 valence electrons. The van der Waals surface area contributed by atoms with E-state index < -0.39 is 17.3 Å². The van der Waals surface area contributed by atoms with Crippen molar-refractivity contribution in [1.82, 2.24) is 23.6 Å². The molecular formula is C18H27N5O3. The van der Waals surface area contributed by atoms with Gasteiger partial charge in [0, 0.05) is 26.7 Å². The fraction of sp³-hybridized carbons (Fsp3) is 0.667. The molecule has 0 saturated heterocycles. The Morgan fingerprint density at radius 1 is 1.23 bits per heavy atom. The molecule has 2 aromatic rings. The predicted molar refractivity (Wildman–Crippen MR) is 99.2 cm³/mol. The molecule has 0 radical (unpaired) electrons. The molecule has 26 heavy (non-hydrogen) atoms. The van der Waals surface area contributed by atoms with Crippen LogP contribution in [0.1, 0.15) is 52.0 Å². The summed E-state index contributed by atoms with van der Waals surface area (Å²) in [7, 11) is 3.02. The van der Waals surface area contributed by atoms with Crippen molar-refractivity contribution in [3.8, 4) is 0 Å². The lowest BCUT2D eigenvalue weighted by Gasteiger charge is -2.35. The summed E-state index contributed by atoms with van der Waals surface area (Å²) in [5.41, 5.74) is -0.265. The van der Waals surface area contributed by atoms with Crippen molar-refractivity contribution in [3.63, 3.8) is 0 Å². The Balaban J connectivity index is 2.02. The van der Waals surface area contributed by atoms with Gasteiger partial charge in [-0.3, -0.25) is 18.7 Å². The average molecular weight is 361 g/mol. The number of nitrogens with zero attached hydrogens (tertiary/aromatic N) is 5. The number of hydrogen-bond acceptors (Lipinski definition) is 4. The summed E-state index contributed by atoms with van der Waals surface area (Å²) >= 11 is 0. The summed E-state index contributed by atoms with van der Waals surface area (Å²) in [5, 5.41) is 0. The van der Waals surface area contributed by atoms with Crippen LogP contribution in [0, 0.1) is 0 Å². The Labute approximate surface area is 152 Å². The quantitative estimate of drug-likeness (QED) is 0.819. The third-order valence-electron chi connectivity index (χ3n) is 5.59. The molecule has 0 aliphatic heterocycles. The van der Waals surface area contributed by atoms with E-state index in [0.29, 0.717) is 12.2 Å². The van der Waals surface area contributed by atoms with Gasteiger partial charge in [-0.25, -0.2) is 9.78 Å². The highest BCUT2D eigenvalue weighted by molar-refractivity contribution is 5.83. The smallest absolute Gasteiger partial charge is 0.332 e. The largest absolute Gasteiger partial charge is 0.338 e. The van der Waals surface area contributed by atoms with E-state index in [-0.39, 0.29) is 17.5 Å². The maximum atomic E-state index is 13.2. The lowest BCUT2D eigenvalue weighted by molar-refractivity contribution is -0.137. The van der Waals surface area contributed by atoms with Gasteiger partial charge in [-0.2, -0.15) is 0 Å². The number of likely N-dealkylation sites (N-methyl/N-ethyl adjacent to an activating group) is 1. The zero-order valence-electron chi connectivity index (χ0n) is 15.9. The van der Waals surface area contributed by atoms with E-state index >= 15 is 0 Å². The van der Waals surface area contributed by atoms with Gasteiger partial charge in [-0.15, -0.1) is 0 Å². The van der Waals surface area contributed by atoms with Crippen LogP contribution in [0.5, 0.6) is 0 Å². The zero-order chi connectivity index (χ0) is 19.0. The van der Waals surface area contributed by atoms with Gasteiger partial charge in [0.25, 0.3) is 5.56 Å². The van der Waals surface area contributed by atoms with Crippen LogP contribution in [0.25, 0.3) is 11.2 Å². The van der Waals surface area contributed by atoms with Gasteiger partial charge in [-0.1, -0.05) is 19.3 Å². The van der Waals surface area contributed by atoms with Crippen molar-refractivity contribution in [2.45, 2.75) is 58.0 Å². The van der Waals surface area contributed by atoms with E-state index in [0.717, 1.165) is 30.3 Å². The van der Waals surface area contributed by atoms with Crippen LogP contribution >= 0.6 is 0 Å². The van der Waals surface area contributed by atoms with E-state index in [1.54, 1.807) is 18.5 Å². The molecule has 1 atom stereocenters. The topological polar surface area (TPSA) is 82.1 Å². The summed E-state index contributed by atoms with van der Waals surface area (Å²) in [4.78, 5) is 44.0. The summed E-state index contributed by atoms with van der Waals surface area (Å²) in [6.07, 6.45) is 7.09. The van der Waals surface area contributed by atoms with Gasteiger partial charge in [0.15, 0.2) is 11.2 Å². The van der Waals surface area contributed by atoms with E-state index in [1.807, 2.05) is 11.8 Å². The van der Waals surface area contributed by atoms with Crippen molar-refractivity contribution in [2.24, 2.45) is 14.1 Å². The first kappa shape index (κ1) is 18.4. The number of fused-ring (bicyclic) bond motifs is 1. The van der Waals surface area contributed by atoms with Gasteiger partial charge in [0.2, 0.25) is 5.91 Å². The molecule has 0 spiro atoms. The van der Waals surface area contributed by atoms with Crippen LogP contribution < -0.4 is 11.2 Å². The fourth-order valence-corrected chi connectivity index (χ4v) is 4.00. The highest BCUT2D eigenvalue weighted by Crippen LogP contribution is 2.25. The number of amides is 1. The maximum absolute atomic E-state index is 13.2. The number of carbonyl (C=O) groups is 1. The first-order valence-corrected chi connectivity index (χ1v) is 9.31. The van der Waals surface area contributed by atoms with E-state index in [2.05, 4.69) is 4.98 Å². The summed E-state index contributed by atoms with van der Waals surface area (Å²) in [5.74, 6) is -0.00499. The van der Waals surface area contributed by atoms with Crippen LogP contribution in [0.4, 0.5) is 0 Å². The third-order valence-corrected chi connectivity index (χ3v) is 5.59. The van der Waals surface area contributed by atoms with E-state index in [9.17, 15) is 14.4 Å². The third kappa shape index (κ3) is 2.87. The minimum absolute atomic E-state index is 0.00499. The van der Waals surface area contributed by atoms with Crippen LogP contribution in [-0.2, 0) is 18.9 Å². The first-order chi connectivity index (χ1) is 12.4. The molecule has 0 aromatic carbocycles. The lowest BCUT2D eigenvalue weighted by Crippen LogP contribution is -2.44. The second-order valence-electron chi connectivity index (χ2n) is 7.12. The van der Waals surface area contributed by atoms with Crippen LogP contribution in [0.3, 0.4) is 0 Å². The Morgan fingerprint density at radius 3 is 2.50 bits per heavy atom. The second-order valence-corrected chi connectivity index (χ2v) is 7.12. The number of hydrogen-bond donors (Lipinski definition) is 0. The van der Waals surface area contributed by atoms with Gasteiger partial charge in [0.1, 0.15) is 6.04 Å². The van der Waals surface area contributed by atoms with Gasteiger partial charge in [-0.05, 0) is 26.7 Å². The molecule has 1 aliphatic carbocycles. The van der Waals surface area contributed by atoms with E-state index in [4.69, 9.17) is 0 Å². The van der Waals surface area contributed by atoms with Gasteiger partial charge >= 0.3 is 5.69 Å². The Kier molecular flexibility index (Phi) is 5.02. The molecule has 0 N–H and O–H groups in total. The van der Waals surface area contributed by atoms with Crippen LogP contribution in [-0.4, -0.2) is 42.1 Å². The molecule has 2 aromatic heterocycles. The van der Waals surface area contributed by atoms with Crippen molar-refractivity contribution in [2.75, 3.05) is 6.54 Å². The fourth-order valence-electron chi connectivity index (χ4n) is 4.00. The molecule has 1 amide bonds. The number of aryl methyl sites for hydroxylation is 1. The SMILES string of the molecule is CCN(C(=O)[C@H](C)n1cnc2c1c(=O)n(C)c(=O)n2C)C1CCCCC1. The number of rotatable bonds is 4. The molecule has 1 aliphatic rings. The monoisotopic (exact) mass is 361 g/mol. The Morgan fingerprint density at radius 2 is 1.88 bits per heavy atom. The zero-order valence-corrected chi connectivity index (χ0v) is 15.9. The minimum atomic E-state index is -0.549. The molecule has 2 heterocycles. The molecule has 0 unspecified atom stereocenters. The van der Waals surface area contributed by atoms with Gasteiger partial charge < -0.3 is 9.47 Å². The molecule has 3 rings (SSSR count). The molecule has 8 nitrogen and oxygen atoms in total. The van der Waals surface area contributed by atoms with Crippen LogP contribution in [0.2, 0.25) is 0 Å². The molecule has 0 bridgehead atoms. The maximum Gasteiger partial charge on any atom is 0.332 e. The molecular weight excluding hydrogens is 334 g/mol. The van der Waals surface area contributed by atoms with Crippen molar-refractivity contribution < 1.29 is 4.79 Å². The van der Waals surface area contributed by atoms with E-state index in [1.165, 1.54) is 24.4 Å². The molecule has 1 saturated carbocycles. The normalized spacial score (nSPS) is 16.8. The predicted octanol–water partition coefficient (Wildman–Crippen LogP) is 1.18. The number of imidazole rings is 1. The lowest BCUT2D eigenvalue weighted by atomic mass is 9.94. The number of carbonyl (C=O) groups excluding carboxylic acids is 1. The van der Waals surface area contributed by atoms with Crippen molar-refractivity contribution >= 4 is 17.1 Å².